The van der Waals surface area contributed by atoms with Crippen LogP contribution in [0.5, 0.6) is 11.5 Å². The molecule has 0 saturated carbocycles. The second kappa shape index (κ2) is 8.76. The van der Waals surface area contributed by atoms with Crippen molar-refractivity contribution in [1.29, 1.82) is 0 Å². The number of nitrogens with zero attached hydrogens (tertiary/aromatic N) is 1. The molecule has 0 atom stereocenters. The summed E-state index contributed by atoms with van der Waals surface area (Å²) >= 11 is 0. The first-order valence-electron chi connectivity index (χ1n) is 7.91. The summed E-state index contributed by atoms with van der Waals surface area (Å²) in [5.74, 6) is 0.885. The van der Waals surface area contributed by atoms with Gasteiger partial charge in [0.1, 0.15) is 17.2 Å². The lowest BCUT2D eigenvalue weighted by atomic mass is 10.2. The zero-order valence-electron chi connectivity index (χ0n) is 14.3. The molecule has 0 radical (unpaired) electrons. The van der Waals surface area contributed by atoms with Crippen molar-refractivity contribution in [1.82, 2.24) is 4.98 Å². The average Bonchev–Trinajstić information content (AvgIpc) is 2.62. The summed E-state index contributed by atoms with van der Waals surface area (Å²) in [6, 6.07) is 8.80. The molecule has 24 heavy (non-hydrogen) atoms. The van der Waals surface area contributed by atoms with E-state index in [1.807, 2.05) is 6.07 Å². The van der Waals surface area contributed by atoms with E-state index in [2.05, 4.69) is 22.5 Å². The fraction of sp³-hybridized carbons (Fsp3) is 0.333. The summed E-state index contributed by atoms with van der Waals surface area (Å²) in [5, 5.41) is 6.09. The largest absolute Gasteiger partial charge is 0.497 e. The quantitative estimate of drug-likeness (QED) is 0.725. The number of methoxy groups -OCH3 is 2. The number of pyridine rings is 1. The summed E-state index contributed by atoms with van der Waals surface area (Å²) in [7, 11) is 3.12. The van der Waals surface area contributed by atoms with Gasteiger partial charge in [0.2, 0.25) is 0 Å². The number of hydrogen-bond acceptors (Lipinski definition) is 5. The predicted molar refractivity (Wildman–Crippen MR) is 95.1 cm³/mol. The SMILES string of the molecule is CCCCNc1ccnc(C(=O)Nc2cc(OC)ccc2OC)c1. The first kappa shape index (κ1) is 17.6. The normalized spacial score (nSPS) is 10.1. The minimum Gasteiger partial charge on any atom is -0.497 e. The number of amides is 1. The number of aromatic nitrogens is 1. The number of nitrogens with one attached hydrogen (secondary N) is 2. The van der Waals surface area contributed by atoms with Gasteiger partial charge in [-0.2, -0.15) is 0 Å². The fourth-order valence-electron chi connectivity index (χ4n) is 2.17. The monoisotopic (exact) mass is 329 g/mol. The predicted octanol–water partition coefficient (Wildman–Crippen LogP) is 3.56. The number of ether oxygens (including phenoxy) is 2. The maximum atomic E-state index is 12.5. The van der Waals surface area contributed by atoms with Crippen molar-refractivity contribution in [2.75, 3.05) is 31.4 Å². The van der Waals surface area contributed by atoms with E-state index in [-0.39, 0.29) is 5.91 Å². The lowest BCUT2D eigenvalue weighted by Crippen LogP contribution is -2.15. The van der Waals surface area contributed by atoms with Gasteiger partial charge in [0, 0.05) is 24.5 Å². The Morgan fingerprint density at radius 1 is 1.17 bits per heavy atom. The lowest BCUT2D eigenvalue weighted by Gasteiger charge is -2.12. The maximum Gasteiger partial charge on any atom is 0.274 e. The van der Waals surface area contributed by atoms with E-state index >= 15 is 0 Å². The highest BCUT2D eigenvalue weighted by molar-refractivity contribution is 6.04. The Morgan fingerprint density at radius 2 is 2.00 bits per heavy atom. The lowest BCUT2D eigenvalue weighted by molar-refractivity contribution is 0.102. The molecule has 6 heteroatoms. The molecular weight excluding hydrogens is 306 g/mol. The van der Waals surface area contributed by atoms with E-state index in [1.165, 1.54) is 0 Å². The molecule has 2 N–H and O–H groups in total. The molecular formula is C18H23N3O3. The topological polar surface area (TPSA) is 72.5 Å². The zero-order valence-corrected chi connectivity index (χ0v) is 14.3. The van der Waals surface area contributed by atoms with Gasteiger partial charge in [-0.25, -0.2) is 0 Å². The Kier molecular flexibility index (Phi) is 6.42. The minimum absolute atomic E-state index is 0.305. The second-order valence-electron chi connectivity index (χ2n) is 5.23. The highest BCUT2D eigenvalue weighted by Crippen LogP contribution is 2.29. The fourth-order valence-corrected chi connectivity index (χ4v) is 2.17. The average molecular weight is 329 g/mol. The number of hydrogen-bond donors (Lipinski definition) is 2. The molecule has 0 aliphatic rings. The molecule has 0 saturated heterocycles. The zero-order chi connectivity index (χ0) is 17.4. The molecule has 1 heterocycles. The summed E-state index contributed by atoms with van der Waals surface area (Å²) in [4.78, 5) is 16.6. The molecule has 0 fully saturated rings. The number of carbonyl (C=O) groups excluding carboxylic acids is 1. The molecule has 6 nitrogen and oxygen atoms in total. The van der Waals surface area contributed by atoms with Crippen LogP contribution in [-0.2, 0) is 0 Å². The van der Waals surface area contributed by atoms with E-state index in [0.717, 1.165) is 25.1 Å². The second-order valence-corrected chi connectivity index (χ2v) is 5.23. The van der Waals surface area contributed by atoms with E-state index < -0.39 is 0 Å². The van der Waals surface area contributed by atoms with Crippen LogP contribution in [0.15, 0.2) is 36.5 Å². The van der Waals surface area contributed by atoms with Crippen LogP contribution in [0.4, 0.5) is 11.4 Å². The summed E-state index contributed by atoms with van der Waals surface area (Å²) < 4.78 is 10.5. The number of anilines is 2. The van der Waals surface area contributed by atoms with Crippen molar-refractivity contribution in [2.45, 2.75) is 19.8 Å². The Labute approximate surface area is 142 Å². The van der Waals surface area contributed by atoms with Crippen molar-refractivity contribution in [3.63, 3.8) is 0 Å². The summed E-state index contributed by atoms with van der Waals surface area (Å²) in [6.45, 7) is 3.00. The van der Waals surface area contributed by atoms with Gasteiger partial charge in [-0.3, -0.25) is 9.78 Å². The van der Waals surface area contributed by atoms with Crippen molar-refractivity contribution >= 4 is 17.3 Å². The third kappa shape index (κ3) is 4.62. The van der Waals surface area contributed by atoms with Gasteiger partial charge in [0.05, 0.1) is 19.9 Å². The molecule has 1 aromatic heterocycles. The van der Waals surface area contributed by atoms with Crippen molar-refractivity contribution in [3.05, 3.63) is 42.2 Å². The highest BCUT2D eigenvalue weighted by Gasteiger charge is 2.12. The first-order chi connectivity index (χ1) is 11.7. The van der Waals surface area contributed by atoms with E-state index in [4.69, 9.17) is 9.47 Å². The van der Waals surface area contributed by atoms with Gasteiger partial charge in [0.15, 0.2) is 0 Å². The van der Waals surface area contributed by atoms with Crippen LogP contribution in [0.1, 0.15) is 30.3 Å². The maximum absolute atomic E-state index is 12.5. The molecule has 1 aromatic carbocycles. The Balaban J connectivity index is 2.13. The Bertz CT molecular complexity index is 689. The molecule has 1 amide bonds. The van der Waals surface area contributed by atoms with Crippen LogP contribution < -0.4 is 20.1 Å². The van der Waals surface area contributed by atoms with Crippen LogP contribution in [0.2, 0.25) is 0 Å². The smallest absolute Gasteiger partial charge is 0.274 e. The molecule has 0 spiro atoms. The summed E-state index contributed by atoms with van der Waals surface area (Å²) in [5.41, 5.74) is 1.75. The third-order valence-corrected chi connectivity index (χ3v) is 3.51. The first-order valence-corrected chi connectivity index (χ1v) is 7.91. The molecule has 2 aromatic rings. The van der Waals surface area contributed by atoms with E-state index in [0.29, 0.717) is 22.9 Å². The molecule has 0 unspecified atom stereocenters. The van der Waals surface area contributed by atoms with E-state index in [1.54, 1.807) is 44.7 Å². The molecule has 128 valence electrons. The highest BCUT2D eigenvalue weighted by atomic mass is 16.5. The van der Waals surface area contributed by atoms with Crippen molar-refractivity contribution in [2.24, 2.45) is 0 Å². The number of rotatable bonds is 8. The van der Waals surface area contributed by atoms with Crippen LogP contribution in [-0.4, -0.2) is 31.7 Å². The Hall–Kier alpha value is -2.76. The van der Waals surface area contributed by atoms with Crippen molar-refractivity contribution in [3.8, 4) is 11.5 Å². The van der Waals surface area contributed by atoms with Gasteiger partial charge in [0.25, 0.3) is 5.91 Å². The third-order valence-electron chi connectivity index (χ3n) is 3.51. The van der Waals surface area contributed by atoms with Crippen LogP contribution in [0.3, 0.4) is 0 Å². The van der Waals surface area contributed by atoms with Gasteiger partial charge in [-0.15, -0.1) is 0 Å². The number of carbonyl (C=O) groups is 1. The molecule has 0 aliphatic heterocycles. The van der Waals surface area contributed by atoms with Crippen LogP contribution in [0, 0.1) is 0 Å². The summed E-state index contributed by atoms with van der Waals surface area (Å²) in [6.07, 6.45) is 3.80. The number of unbranched alkanes of at least 4 members (excludes halogenated alkanes) is 1. The van der Waals surface area contributed by atoms with Gasteiger partial charge < -0.3 is 20.1 Å². The van der Waals surface area contributed by atoms with Crippen LogP contribution >= 0.6 is 0 Å². The van der Waals surface area contributed by atoms with Gasteiger partial charge >= 0.3 is 0 Å². The molecule has 0 aliphatic carbocycles. The van der Waals surface area contributed by atoms with E-state index in [9.17, 15) is 4.79 Å². The molecule has 2 rings (SSSR count). The Morgan fingerprint density at radius 3 is 2.71 bits per heavy atom. The molecule has 0 bridgehead atoms. The minimum atomic E-state index is -0.305. The van der Waals surface area contributed by atoms with Gasteiger partial charge in [-0.1, -0.05) is 13.3 Å². The van der Waals surface area contributed by atoms with Gasteiger partial charge in [-0.05, 0) is 30.7 Å². The van der Waals surface area contributed by atoms with Crippen molar-refractivity contribution < 1.29 is 14.3 Å². The van der Waals surface area contributed by atoms with Crippen LogP contribution in [0.25, 0.3) is 0 Å². The number of benzene rings is 1. The standard InChI is InChI=1S/C18H23N3O3/c1-4-5-9-19-13-8-10-20-16(11-13)18(22)21-15-12-14(23-2)6-7-17(15)24-3/h6-8,10-12H,4-5,9H2,1-3H3,(H,19,20)(H,21,22).